The minimum Gasteiger partial charge on any atom is -0.365 e. The van der Waals surface area contributed by atoms with E-state index in [0.717, 1.165) is 31.6 Å². The molecule has 23 heavy (non-hydrogen) atoms. The summed E-state index contributed by atoms with van der Waals surface area (Å²) in [5, 5.41) is 3.29. The molecule has 1 aromatic rings. The Balaban J connectivity index is 1.56. The van der Waals surface area contributed by atoms with Crippen molar-refractivity contribution in [2.75, 3.05) is 31.1 Å². The van der Waals surface area contributed by atoms with Crippen molar-refractivity contribution in [3.63, 3.8) is 0 Å². The quantitative estimate of drug-likeness (QED) is 0.614. The number of benzene rings is 1. The maximum atomic E-state index is 14.0. The van der Waals surface area contributed by atoms with Gasteiger partial charge in [-0.3, -0.25) is 10.3 Å². The Labute approximate surface area is 143 Å². The topological polar surface area (TPSA) is 36.5 Å². The summed E-state index contributed by atoms with van der Waals surface area (Å²) in [5.41, 5.74) is 4.32. The first-order chi connectivity index (χ1) is 11.1. The van der Waals surface area contributed by atoms with Gasteiger partial charge in [0.25, 0.3) is 0 Å². The number of hydroxylamine groups is 1. The lowest BCUT2D eigenvalue weighted by atomic mass is 10.1. The van der Waals surface area contributed by atoms with E-state index in [1.165, 1.54) is 12.1 Å². The second-order valence-electron chi connectivity index (χ2n) is 5.81. The molecule has 0 radical (unpaired) electrons. The normalized spacial score (nSPS) is 19.6. The minimum atomic E-state index is -0.455. The van der Waals surface area contributed by atoms with Crippen molar-refractivity contribution < 1.29 is 13.6 Å². The molecule has 2 aliphatic rings. The van der Waals surface area contributed by atoms with E-state index in [4.69, 9.17) is 4.84 Å². The third-order valence-corrected chi connectivity index (χ3v) is 4.79. The summed E-state index contributed by atoms with van der Waals surface area (Å²) in [5.74, 6) is -0.877. The molecule has 126 valence electrons. The van der Waals surface area contributed by atoms with Gasteiger partial charge in [0.2, 0.25) is 0 Å². The van der Waals surface area contributed by atoms with Crippen LogP contribution in [0.2, 0.25) is 0 Å². The van der Waals surface area contributed by atoms with Gasteiger partial charge in [-0.25, -0.2) is 8.78 Å². The number of halogens is 3. The molecule has 1 saturated heterocycles. The van der Waals surface area contributed by atoms with Gasteiger partial charge in [0.1, 0.15) is 11.6 Å². The van der Waals surface area contributed by atoms with Crippen LogP contribution in [-0.4, -0.2) is 32.3 Å². The van der Waals surface area contributed by atoms with Gasteiger partial charge >= 0.3 is 0 Å². The van der Waals surface area contributed by atoms with Crippen molar-refractivity contribution in [2.45, 2.75) is 25.4 Å². The molecule has 0 unspecified atom stereocenters. The van der Waals surface area contributed by atoms with Gasteiger partial charge in [0, 0.05) is 31.3 Å². The summed E-state index contributed by atoms with van der Waals surface area (Å²) in [6.07, 6.45) is 4.89. The zero-order valence-corrected chi connectivity index (χ0v) is 14.3. The molecule has 2 heterocycles. The first-order valence-electron chi connectivity index (χ1n) is 7.84. The first kappa shape index (κ1) is 16.7. The molecule has 2 aliphatic heterocycles. The Hall–Kier alpha value is -1.18. The monoisotopic (exact) mass is 387 g/mol. The van der Waals surface area contributed by atoms with Crippen LogP contribution in [0.4, 0.5) is 14.5 Å². The zero-order valence-electron chi connectivity index (χ0n) is 12.7. The van der Waals surface area contributed by atoms with Gasteiger partial charge in [0.15, 0.2) is 0 Å². The third-order valence-electron chi connectivity index (χ3n) is 4.18. The molecule has 1 fully saturated rings. The molecule has 3 rings (SSSR count). The van der Waals surface area contributed by atoms with Crippen LogP contribution < -0.4 is 15.7 Å². The highest BCUT2D eigenvalue weighted by Gasteiger charge is 2.19. The van der Waals surface area contributed by atoms with Crippen molar-refractivity contribution in [3.05, 3.63) is 40.0 Å². The van der Waals surface area contributed by atoms with Crippen LogP contribution in [0.1, 0.15) is 19.3 Å². The Morgan fingerprint density at radius 1 is 1.22 bits per heavy atom. The summed E-state index contributed by atoms with van der Waals surface area (Å²) in [6, 6.07) is 2.40. The highest BCUT2D eigenvalue weighted by molar-refractivity contribution is 9.10. The van der Waals surface area contributed by atoms with Crippen molar-refractivity contribution in [2.24, 2.45) is 0 Å². The lowest BCUT2D eigenvalue weighted by Gasteiger charge is -2.30. The van der Waals surface area contributed by atoms with Crippen molar-refractivity contribution in [1.29, 1.82) is 0 Å². The third kappa shape index (κ3) is 4.22. The minimum absolute atomic E-state index is 0.143. The molecule has 0 bridgehead atoms. The average molecular weight is 388 g/mol. The van der Waals surface area contributed by atoms with Crippen LogP contribution in [0.3, 0.4) is 0 Å². The van der Waals surface area contributed by atoms with E-state index in [0.29, 0.717) is 25.2 Å². The van der Waals surface area contributed by atoms with Crippen LogP contribution >= 0.6 is 15.9 Å². The SMILES string of the molecule is Fc1cc(N2CC=C(NOC3CCNCC3)CC2)c(F)cc1Br. The fourth-order valence-electron chi connectivity index (χ4n) is 2.81. The van der Waals surface area contributed by atoms with Gasteiger partial charge in [-0.2, -0.15) is 0 Å². The van der Waals surface area contributed by atoms with E-state index < -0.39 is 11.6 Å². The van der Waals surface area contributed by atoms with Gasteiger partial charge in [-0.05, 0) is 54.0 Å². The Bertz CT molecular complexity index is 591. The van der Waals surface area contributed by atoms with E-state index in [2.05, 4.69) is 26.7 Å². The van der Waals surface area contributed by atoms with Gasteiger partial charge in [0.05, 0.1) is 16.3 Å². The van der Waals surface area contributed by atoms with E-state index >= 15 is 0 Å². The maximum absolute atomic E-state index is 14.0. The van der Waals surface area contributed by atoms with Crippen LogP contribution in [0.25, 0.3) is 0 Å². The number of rotatable bonds is 4. The molecule has 0 saturated carbocycles. The smallest absolute Gasteiger partial charge is 0.147 e. The lowest BCUT2D eigenvalue weighted by molar-refractivity contribution is -0.0246. The number of nitrogens with zero attached hydrogens (tertiary/aromatic N) is 1. The summed E-state index contributed by atoms with van der Waals surface area (Å²) in [4.78, 5) is 7.52. The lowest BCUT2D eigenvalue weighted by Crippen LogP contribution is -2.37. The van der Waals surface area contributed by atoms with Crippen LogP contribution in [0.5, 0.6) is 0 Å². The summed E-state index contributed by atoms with van der Waals surface area (Å²) < 4.78 is 27.8. The predicted molar refractivity (Wildman–Crippen MR) is 89.1 cm³/mol. The molecule has 0 spiro atoms. The van der Waals surface area contributed by atoms with Crippen LogP contribution in [-0.2, 0) is 4.84 Å². The van der Waals surface area contributed by atoms with Crippen molar-refractivity contribution in [3.8, 4) is 0 Å². The number of piperidine rings is 1. The average Bonchev–Trinajstić information content (AvgIpc) is 2.58. The van der Waals surface area contributed by atoms with E-state index in [1.54, 1.807) is 0 Å². The summed E-state index contributed by atoms with van der Waals surface area (Å²) in [7, 11) is 0. The van der Waals surface area contributed by atoms with Gasteiger partial charge in [-0.1, -0.05) is 0 Å². The standard InChI is InChI=1S/C16H20BrF2N3O/c17-13-9-15(19)16(10-14(13)18)22-7-3-11(4-8-22)21-23-12-1-5-20-6-2-12/h3,9-10,12,20-21H,1-2,4-8H2. The fourth-order valence-corrected chi connectivity index (χ4v) is 3.12. The van der Waals surface area contributed by atoms with E-state index in [9.17, 15) is 8.78 Å². The number of hydrogen-bond acceptors (Lipinski definition) is 4. The second kappa shape index (κ2) is 7.59. The molecule has 2 N–H and O–H groups in total. The van der Waals surface area contributed by atoms with Gasteiger partial charge in [-0.15, -0.1) is 0 Å². The molecule has 0 amide bonds. The first-order valence-corrected chi connectivity index (χ1v) is 8.63. The maximum Gasteiger partial charge on any atom is 0.147 e. The van der Waals surface area contributed by atoms with Crippen LogP contribution in [0.15, 0.2) is 28.4 Å². The molecular weight excluding hydrogens is 368 g/mol. The molecule has 0 aliphatic carbocycles. The van der Waals surface area contributed by atoms with Crippen molar-refractivity contribution >= 4 is 21.6 Å². The highest BCUT2D eigenvalue weighted by Crippen LogP contribution is 2.28. The van der Waals surface area contributed by atoms with Crippen molar-refractivity contribution in [1.82, 2.24) is 10.8 Å². The molecule has 0 aromatic heterocycles. The van der Waals surface area contributed by atoms with E-state index in [1.807, 2.05) is 11.0 Å². The molecule has 0 atom stereocenters. The Kier molecular flexibility index (Phi) is 5.50. The molecular formula is C16H20BrF2N3O. The number of hydrogen-bond donors (Lipinski definition) is 2. The number of nitrogens with one attached hydrogen (secondary N) is 2. The molecule has 7 heteroatoms. The Morgan fingerprint density at radius 2 is 2.00 bits per heavy atom. The summed E-state index contributed by atoms with van der Waals surface area (Å²) in [6.45, 7) is 3.10. The second-order valence-corrected chi connectivity index (χ2v) is 6.67. The van der Waals surface area contributed by atoms with E-state index in [-0.39, 0.29) is 10.6 Å². The Morgan fingerprint density at radius 3 is 2.70 bits per heavy atom. The fraction of sp³-hybridized carbons (Fsp3) is 0.500. The highest BCUT2D eigenvalue weighted by atomic mass is 79.9. The number of anilines is 1. The van der Waals surface area contributed by atoms with Crippen LogP contribution in [0, 0.1) is 11.6 Å². The predicted octanol–water partition coefficient (Wildman–Crippen LogP) is 3.09. The van der Waals surface area contributed by atoms with Gasteiger partial charge < -0.3 is 10.2 Å². The largest absolute Gasteiger partial charge is 0.365 e. The zero-order chi connectivity index (χ0) is 16.2. The summed E-state index contributed by atoms with van der Waals surface area (Å²) >= 11 is 3.00. The molecule has 4 nitrogen and oxygen atoms in total. The molecule has 1 aromatic carbocycles.